The Morgan fingerprint density at radius 2 is 1.63 bits per heavy atom. The summed E-state index contributed by atoms with van der Waals surface area (Å²) in [6.07, 6.45) is -4.56. The Hall–Kier alpha value is -2.72. The van der Waals surface area contributed by atoms with Crippen molar-refractivity contribution in [2.24, 2.45) is 0 Å². The number of amides is 1. The van der Waals surface area contributed by atoms with Gasteiger partial charge in [0.25, 0.3) is 5.91 Å². The number of hydrogen-bond acceptors (Lipinski definition) is 4. The van der Waals surface area contributed by atoms with Crippen molar-refractivity contribution in [2.75, 3.05) is 14.1 Å². The van der Waals surface area contributed by atoms with Crippen LogP contribution in [0.1, 0.15) is 21.5 Å². The van der Waals surface area contributed by atoms with Crippen LogP contribution < -0.4 is 5.32 Å². The molecule has 0 aliphatic heterocycles. The fraction of sp³-hybridized carbons (Fsp3) is 0.176. The highest BCUT2D eigenvalue weighted by Gasteiger charge is 2.30. The standard InChI is InChI=1S/C17H16F3N3O3S/c1-23(2)27(25,26)14-8-6-11(7-9-14)16(24)22-15(21)12-4-3-5-13(10-12)17(18,19)20/h3-10H,1-2H3,(H2,21,22,24). The molecule has 0 aromatic heterocycles. The van der Waals surface area contributed by atoms with Crippen LogP contribution in [-0.2, 0) is 16.2 Å². The van der Waals surface area contributed by atoms with Crippen LogP contribution in [0.15, 0.2) is 53.4 Å². The Balaban J connectivity index is 2.17. The minimum Gasteiger partial charge on any atom is -0.307 e. The number of nitrogens with one attached hydrogen (secondary N) is 2. The van der Waals surface area contributed by atoms with Crippen molar-refractivity contribution in [3.05, 3.63) is 65.2 Å². The molecular formula is C17H16F3N3O3S. The topological polar surface area (TPSA) is 90.3 Å². The molecule has 2 N–H and O–H groups in total. The van der Waals surface area contributed by atoms with Crippen LogP contribution in [-0.4, -0.2) is 38.6 Å². The van der Waals surface area contributed by atoms with E-state index in [9.17, 15) is 26.4 Å². The smallest absolute Gasteiger partial charge is 0.307 e. The average Bonchev–Trinajstić information content (AvgIpc) is 2.61. The second-order valence-corrected chi connectivity index (χ2v) is 7.87. The number of nitrogens with zero attached hydrogens (tertiary/aromatic N) is 1. The minimum absolute atomic E-state index is 0.0167. The van der Waals surface area contributed by atoms with Crippen LogP contribution >= 0.6 is 0 Å². The fourth-order valence-corrected chi connectivity index (χ4v) is 3.00. The quantitative estimate of drug-likeness (QED) is 0.612. The van der Waals surface area contributed by atoms with Gasteiger partial charge in [0.1, 0.15) is 5.84 Å². The highest BCUT2D eigenvalue weighted by atomic mass is 32.2. The first-order chi connectivity index (χ1) is 12.4. The summed E-state index contributed by atoms with van der Waals surface area (Å²) in [5.41, 5.74) is -0.980. The SMILES string of the molecule is CN(C)S(=O)(=O)c1ccc(C(=O)NC(=N)c2cccc(C(F)(F)F)c2)cc1. The van der Waals surface area contributed by atoms with Gasteiger partial charge in [0.2, 0.25) is 10.0 Å². The van der Waals surface area contributed by atoms with Crippen molar-refractivity contribution in [2.45, 2.75) is 11.1 Å². The molecular weight excluding hydrogens is 383 g/mol. The van der Waals surface area contributed by atoms with E-state index in [-0.39, 0.29) is 16.0 Å². The summed E-state index contributed by atoms with van der Waals surface area (Å²) in [5.74, 6) is -1.25. The summed E-state index contributed by atoms with van der Waals surface area (Å²) < 4.78 is 63.2. The lowest BCUT2D eigenvalue weighted by molar-refractivity contribution is -0.137. The van der Waals surface area contributed by atoms with Crippen molar-refractivity contribution in [3.63, 3.8) is 0 Å². The Morgan fingerprint density at radius 3 is 2.15 bits per heavy atom. The van der Waals surface area contributed by atoms with Crippen LogP contribution in [0.2, 0.25) is 0 Å². The highest BCUT2D eigenvalue weighted by Crippen LogP contribution is 2.29. The van der Waals surface area contributed by atoms with Crippen molar-refractivity contribution >= 4 is 21.8 Å². The first-order valence-corrected chi connectivity index (χ1v) is 8.97. The van der Waals surface area contributed by atoms with E-state index >= 15 is 0 Å². The molecule has 6 nitrogen and oxygen atoms in total. The van der Waals surface area contributed by atoms with Gasteiger partial charge in [-0.2, -0.15) is 13.2 Å². The number of hydrogen-bond donors (Lipinski definition) is 2. The number of benzene rings is 2. The van der Waals surface area contributed by atoms with Crippen molar-refractivity contribution in [1.29, 1.82) is 5.41 Å². The molecule has 0 atom stereocenters. The summed E-state index contributed by atoms with van der Waals surface area (Å²) in [6.45, 7) is 0. The normalized spacial score (nSPS) is 12.1. The molecule has 0 bridgehead atoms. The molecule has 0 radical (unpaired) electrons. The van der Waals surface area contributed by atoms with E-state index in [1.54, 1.807) is 0 Å². The molecule has 144 valence electrons. The molecule has 0 saturated heterocycles. The summed E-state index contributed by atoms with van der Waals surface area (Å²) in [5, 5.41) is 10.00. The molecule has 27 heavy (non-hydrogen) atoms. The Kier molecular flexibility index (Phi) is 5.71. The lowest BCUT2D eigenvalue weighted by Gasteiger charge is -2.12. The predicted octanol–water partition coefficient (Wildman–Crippen LogP) is 2.71. The summed E-state index contributed by atoms with van der Waals surface area (Å²) in [4.78, 5) is 12.2. The Labute approximate surface area is 154 Å². The van der Waals surface area contributed by atoms with E-state index in [0.717, 1.165) is 22.5 Å². The maximum Gasteiger partial charge on any atom is 0.416 e. The van der Waals surface area contributed by atoms with Crippen molar-refractivity contribution < 1.29 is 26.4 Å². The molecule has 1 amide bonds. The van der Waals surface area contributed by atoms with Gasteiger partial charge >= 0.3 is 6.18 Å². The minimum atomic E-state index is -4.56. The number of rotatable bonds is 4. The van der Waals surface area contributed by atoms with Crippen LogP contribution in [0.25, 0.3) is 0 Å². The third-order valence-corrected chi connectivity index (χ3v) is 5.44. The Morgan fingerprint density at radius 1 is 1.04 bits per heavy atom. The lowest BCUT2D eigenvalue weighted by atomic mass is 10.1. The maximum absolute atomic E-state index is 12.7. The first-order valence-electron chi connectivity index (χ1n) is 7.53. The van der Waals surface area contributed by atoms with Gasteiger partial charge in [-0.25, -0.2) is 12.7 Å². The van der Waals surface area contributed by atoms with Crippen LogP contribution in [0.3, 0.4) is 0 Å². The average molecular weight is 399 g/mol. The fourth-order valence-electron chi connectivity index (χ4n) is 2.10. The van der Waals surface area contributed by atoms with Crippen LogP contribution in [0.4, 0.5) is 13.2 Å². The van der Waals surface area contributed by atoms with E-state index in [0.29, 0.717) is 0 Å². The molecule has 0 saturated carbocycles. The molecule has 0 spiro atoms. The number of sulfonamides is 1. The molecule has 0 heterocycles. The third kappa shape index (κ3) is 4.72. The second kappa shape index (κ2) is 7.49. The van der Waals surface area contributed by atoms with Gasteiger partial charge in [0.05, 0.1) is 10.5 Å². The molecule has 2 aromatic rings. The number of halogens is 3. The van der Waals surface area contributed by atoms with E-state index < -0.39 is 33.5 Å². The molecule has 2 rings (SSSR count). The van der Waals surface area contributed by atoms with Gasteiger partial charge < -0.3 is 5.32 Å². The molecule has 0 aliphatic rings. The van der Waals surface area contributed by atoms with Gasteiger partial charge in [0, 0.05) is 25.2 Å². The van der Waals surface area contributed by atoms with E-state index in [4.69, 9.17) is 5.41 Å². The maximum atomic E-state index is 12.7. The van der Waals surface area contributed by atoms with E-state index in [1.807, 2.05) is 0 Å². The molecule has 0 aliphatic carbocycles. The largest absolute Gasteiger partial charge is 0.416 e. The molecule has 2 aromatic carbocycles. The van der Waals surface area contributed by atoms with Crippen molar-refractivity contribution in [1.82, 2.24) is 9.62 Å². The summed E-state index contributed by atoms with van der Waals surface area (Å²) in [7, 11) is -0.916. The number of amidine groups is 1. The number of carbonyl (C=O) groups excluding carboxylic acids is 1. The van der Waals surface area contributed by atoms with Crippen LogP contribution in [0, 0.1) is 5.41 Å². The Bertz CT molecular complexity index is 969. The zero-order chi connectivity index (χ0) is 20.4. The van der Waals surface area contributed by atoms with Gasteiger partial charge in [-0.1, -0.05) is 12.1 Å². The summed E-state index contributed by atoms with van der Waals surface area (Å²) >= 11 is 0. The zero-order valence-electron chi connectivity index (χ0n) is 14.3. The number of carbonyl (C=O) groups is 1. The molecule has 0 fully saturated rings. The lowest BCUT2D eigenvalue weighted by Crippen LogP contribution is -2.30. The third-order valence-electron chi connectivity index (χ3n) is 3.61. The zero-order valence-corrected chi connectivity index (χ0v) is 15.1. The summed E-state index contributed by atoms with van der Waals surface area (Å²) in [6, 6.07) is 9.01. The monoisotopic (exact) mass is 399 g/mol. The molecule has 0 unspecified atom stereocenters. The van der Waals surface area contributed by atoms with Gasteiger partial charge in [-0.05, 0) is 36.4 Å². The number of alkyl halides is 3. The van der Waals surface area contributed by atoms with E-state index in [2.05, 4.69) is 5.32 Å². The van der Waals surface area contributed by atoms with Crippen molar-refractivity contribution in [3.8, 4) is 0 Å². The first kappa shape index (κ1) is 20.6. The van der Waals surface area contributed by atoms with Crippen LogP contribution in [0.5, 0.6) is 0 Å². The predicted molar refractivity (Wildman–Crippen MR) is 93.1 cm³/mol. The van der Waals surface area contributed by atoms with E-state index in [1.165, 1.54) is 44.4 Å². The van der Waals surface area contributed by atoms with Gasteiger partial charge in [0.15, 0.2) is 0 Å². The molecule has 10 heteroatoms. The van der Waals surface area contributed by atoms with Gasteiger partial charge in [-0.3, -0.25) is 10.2 Å². The highest BCUT2D eigenvalue weighted by molar-refractivity contribution is 7.89. The van der Waals surface area contributed by atoms with Gasteiger partial charge in [-0.15, -0.1) is 0 Å². The second-order valence-electron chi connectivity index (χ2n) is 5.72.